The predicted octanol–water partition coefficient (Wildman–Crippen LogP) is 3.20. The van der Waals surface area contributed by atoms with Crippen molar-refractivity contribution in [1.82, 2.24) is 20.0 Å². The molecule has 0 aliphatic carbocycles. The molecule has 0 saturated carbocycles. The molecule has 1 amide bonds. The number of hydrogen-bond acceptors (Lipinski definition) is 6. The van der Waals surface area contributed by atoms with Gasteiger partial charge in [0.05, 0.1) is 22.0 Å². The minimum Gasteiger partial charge on any atom is -0.309 e. The Balaban J connectivity index is 1.61. The quantitative estimate of drug-likeness (QED) is 0.507. The molecule has 10 heteroatoms. The van der Waals surface area contributed by atoms with Crippen molar-refractivity contribution in [3.63, 3.8) is 0 Å². The van der Waals surface area contributed by atoms with Crippen LogP contribution in [0.25, 0.3) is 10.6 Å². The third kappa shape index (κ3) is 3.64. The molecule has 0 atom stereocenters. The molecule has 0 fully saturated rings. The van der Waals surface area contributed by atoms with Crippen molar-refractivity contribution in [3.8, 4) is 10.6 Å². The van der Waals surface area contributed by atoms with Gasteiger partial charge in [-0.05, 0) is 32.9 Å². The number of nitro groups is 1. The summed E-state index contributed by atoms with van der Waals surface area (Å²) in [5.74, 6) is 0.205. The van der Waals surface area contributed by atoms with E-state index in [1.54, 1.807) is 31.3 Å². The van der Waals surface area contributed by atoms with Gasteiger partial charge in [0.15, 0.2) is 5.82 Å². The molecule has 26 heavy (non-hydrogen) atoms. The largest absolute Gasteiger partial charge is 0.312 e. The molecule has 0 aliphatic rings. The monoisotopic (exact) mass is 374 g/mol. The van der Waals surface area contributed by atoms with Crippen LogP contribution in [0, 0.1) is 30.9 Å². The second-order valence-electron chi connectivity index (χ2n) is 5.88. The Bertz CT molecular complexity index is 971. The summed E-state index contributed by atoms with van der Waals surface area (Å²) in [7, 11) is 0. The van der Waals surface area contributed by atoms with Crippen molar-refractivity contribution in [3.05, 3.63) is 44.6 Å². The molecule has 0 aromatic carbocycles. The summed E-state index contributed by atoms with van der Waals surface area (Å²) in [6.07, 6.45) is 0.138. The maximum Gasteiger partial charge on any atom is 0.312 e. The maximum absolute atomic E-state index is 12.1. The Morgan fingerprint density at radius 1 is 1.38 bits per heavy atom. The van der Waals surface area contributed by atoms with Crippen LogP contribution >= 0.6 is 11.3 Å². The van der Waals surface area contributed by atoms with E-state index in [0.29, 0.717) is 17.2 Å². The van der Waals surface area contributed by atoms with Crippen molar-refractivity contribution in [2.45, 2.75) is 33.7 Å². The van der Waals surface area contributed by atoms with Gasteiger partial charge in [-0.25, -0.2) is 0 Å². The van der Waals surface area contributed by atoms with Crippen LogP contribution in [0.2, 0.25) is 0 Å². The number of thiophene rings is 1. The van der Waals surface area contributed by atoms with Crippen LogP contribution in [-0.2, 0) is 11.3 Å². The first-order valence-electron chi connectivity index (χ1n) is 7.95. The van der Waals surface area contributed by atoms with Gasteiger partial charge in [0.25, 0.3) is 0 Å². The molecule has 0 aliphatic heterocycles. The summed E-state index contributed by atoms with van der Waals surface area (Å²) in [6.45, 7) is 5.49. The summed E-state index contributed by atoms with van der Waals surface area (Å²) >= 11 is 1.64. The van der Waals surface area contributed by atoms with E-state index >= 15 is 0 Å². The molecule has 0 spiro atoms. The molecule has 2 N–H and O–H groups in total. The predicted molar refractivity (Wildman–Crippen MR) is 98.2 cm³/mol. The highest BCUT2D eigenvalue weighted by Crippen LogP contribution is 2.27. The lowest BCUT2D eigenvalue weighted by Gasteiger charge is -2.04. The van der Waals surface area contributed by atoms with Crippen molar-refractivity contribution < 1.29 is 9.72 Å². The van der Waals surface area contributed by atoms with E-state index in [1.165, 1.54) is 9.56 Å². The Kier molecular flexibility index (Phi) is 4.85. The second-order valence-corrected chi connectivity index (χ2v) is 7.16. The van der Waals surface area contributed by atoms with Gasteiger partial charge in [0.2, 0.25) is 5.91 Å². The molecule has 3 heterocycles. The molecule has 0 unspecified atom stereocenters. The van der Waals surface area contributed by atoms with Crippen molar-refractivity contribution in [1.29, 1.82) is 0 Å². The van der Waals surface area contributed by atoms with E-state index in [4.69, 9.17) is 0 Å². The van der Waals surface area contributed by atoms with Gasteiger partial charge in [0.1, 0.15) is 11.4 Å². The number of aromatic amines is 1. The molecule has 9 nitrogen and oxygen atoms in total. The van der Waals surface area contributed by atoms with Crippen LogP contribution in [0.1, 0.15) is 22.7 Å². The van der Waals surface area contributed by atoms with Crippen LogP contribution in [0.15, 0.2) is 18.2 Å². The number of anilines is 1. The minimum absolute atomic E-state index is 0.00593. The summed E-state index contributed by atoms with van der Waals surface area (Å²) in [6, 6.07) is 5.79. The van der Waals surface area contributed by atoms with Crippen LogP contribution in [0.3, 0.4) is 0 Å². The molecule has 136 valence electrons. The maximum atomic E-state index is 12.1. The average molecular weight is 374 g/mol. The normalized spacial score (nSPS) is 10.9. The van der Waals surface area contributed by atoms with Gasteiger partial charge in [-0.15, -0.1) is 11.3 Å². The Labute approximate surface area is 153 Å². The van der Waals surface area contributed by atoms with Crippen molar-refractivity contribution in [2.75, 3.05) is 5.32 Å². The summed E-state index contributed by atoms with van der Waals surface area (Å²) in [4.78, 5) is 24.9. The summed E-state index contributed by atoms with van der Waals surface area (Å²) < 4.78 is 1.48. The number of hydrogen-bond donors (Lipinski definition) is 2. The molecule has 3 aromatic rings. The zero-order chi connectivity index (χ0) is 18.8. The molecular weight excluding hydrogens is 356 g/mol. The second kappa shape index (κ2) is 7.08. The van der Waals surface area contributed by atoms with E-state index in [2.05, 4.69) is 20.6 Å². The van der Waals surface area contributed by atoms with E-state index in [1.807, 2.05) is 19.1 Å². The van der Waals surface area contributed by atoms with Crippen molar-refractivity contribution >= 4 is 28.7 Å². The van der Waals surface area contributed by atoms with Crippen LogP contribution in [-0.4, -0.2) is 30.8 Å². The first-order valence-corrected chi connectivity index (χ1v) is 8.77. The number of rotatable bonds is 6. The zero-order valence-corrected chi connectivity index (χ0v) is 15.4. The number of carbonyl (C=O) groups excluding carboxylic acids is 1. The third-order valence-corrected chi connectivity index (χ3v) is 4.96. The fourth-order valence-electron chi connectivity index (χ4n) is 2.67. The van der Waals surface area contributed by atoms with Gasteiger partial charge in [0, 0.05) is 17.4 Å². The molecule has 0 radical (unpaired) electrons. The lowest BCUT2D eigenvalue weighted by Crippen LogP contribution is -2.16. The Hall–Kier alpha value is -3.01. The van der Waals surface area contributed by atoms with Gasteiger partial charge in [-0.2, -0.15) is 10.2 Å². The molecule has 0 saturated heterocycles. The fourth-order valence-corrected chi connectivity index (χ4v) is 3.51. The van der Waals surface area contributed by atoms with Crippen LogP contribution < -0.4 is 5.32 Å². The van der Waals surface area contributed by atoms with Crippen LogP contribution in [0.5, 0.6) is 0 Å². The highest BCUT2D eigenvalue weighted by Gasteiger charge is 2.21. The number of carbonyl (C=O) groups is 1. The van der Waals surface area contributed by atoms with Gasteiger partial charge < -0.3 is 5.32 Å². The molecule has 0 bridgehead atoms. The standard InChI is InChI=1S/C16H18N6O3S/c1-9-4-5-13(26-9)12-8-14(19-18-12)17-15(23)6-7-21-11(3)16(22(24)25)10(2)20-21/h4-5,8H,6-7H2,1-3H3,(H2,17,18,19,23). The lowest BCUT2D eigenvalue weighted by atomic mass is 10.3. The van der Waals surface area contributed by atoms with Crippen molar-refractivity contribution in [2.24, 2.45) is 0 Å². The van der Waals surface area contributed by atoms with Crippen LogP contribution in [0.4, 0.5) is 11.5 Å². The smallest absolute Gasteiger partial charge is 0.309 e. The van der Waals surface area contributed by atoms with E-state index in [9.17, 15) is 14.9 Å². The molecular formula is C16H18N6O3S. The van der Waals surface area contributed by atoms with E-state index in [-0.39, 0.29) is 24.6 Å². The first-order chi connectivity index (χ1) is 12.3. The number of aryl methyl sites for hydroxylation is 3. The summed E-state index contributed by atoms with van der Waals surface area (Å²) in [5, 5.41) is 24.9. The first kappa shape index (κ1) is 17.8. The number of nitrogens with zero attached hydrogens (tertiary/aromatic N) is 4. The number of nitrogens with one attached hydrogen (secondary N) is 2. The average Bonchev–Trinajstić information content (AvgIpc) is 3.25. The van der Waals surface area contributed by atoms with Gasteiger partial charge >= 0.3 is 5.69 Å². The highest BCUT2D eigenvalue weighted by molar-refractivity contribution is 7.15. The summed E-state index contributed by atoms with van der Waals surface area (Å²) in [5.41, 5.74) is 1.62. The van der Waals surface area contributed by atoms with E-state index < -0.39 is 4.92 Å². The number of H-pyrrole nitrogens is 1. The third-order valence-electron chi connectivity index (χ3n) is 3.93. The Morgan fingerprint density at radius 3 is 2.77 bits per heavy atom. The SMILES string of the molecule is Cc1ccc(-c2cc(NC(=O)CCn3nc(C)c([N+](=O)[O-])c3C)n[nH]2)s1. The fraction of sp³-hybridized carbons (Fsp3) is 0.312. The number of aromatic nitrogens is 4. The van der Waals surface area contributed by atoms with Gasteiger partial charge in [-0.1, -0.05) is 0 Å². The molecule has 3 aromatic heterocycles. The zero-order valence-electron chi connectivity index (χ0n) is 14.6. The lowest BCUT2D eigenvalue weighted by molar-refractivity contribution is -0.386. The number of amides is 1. The minimum atomic E-state index is -0.453. The topological polar surface area (TPSA) is 119 Å². The van der Waals surface area contributed by atoms with E-state index in [0.717, 1.165) is 10.6 Å². The highest BCUT2D eigenvalue weighted by atomic mass is 32.1. The van der Waals surface area contributed by atoms with Gasteiger partial charge in [-0.3, -0.25) is 24.7 Å². The Morgan fingerprint density at radius 2 is 2.15 bits per heavy atom. The molecule has 3 rings (SSSR count).